The molecule has 6 heteroatoms. The number of ether oxygens (including phenoxy) is 6. The van der Waals surface area contributed by atoms with Gasteiger partial charge in [-0.3, -0.25) is 0 Å². The van der Waals surface area contributed by atoms with E-state index in [2.05, 4.69) is 41.5 Å². The molecule has 0 N–H and O–H groups in total. The number of rotatable bonds is 7. The molecule has 0 aliphatic carbocycles. The van der Waals surface area contributed by atoms with Gasteiger partial charge in [-0.15, -0.1) is 0 Å². The number of fused-ring (bicyclic) bond motifs is 1. The van der Waals surface area contributed by atoms with Crippen LogP contribution in [-0.2, 0) is 28.4 Å². The zero-order valence-corrected chi connectivity index (χ0v) is 20.5. The fourth-order valence-corrected chi connectivity index (χ4v) is 5.46. The predicted molar refractivity (Wildman–Crippen MR) is 115 cm³/mol. The summed E-state index contributed by atoms with van der Waals surface area (Å²) in [7, 11) is 0. The lowest BCUT2D eigenvalue weighted by Gasteiger charge is -2.54. The highest BCUT2D eigenvalue weighted by molar-refractivity contribution is 4.97. The van der Waals surface area contributed by atoms with Crippen LogP contribution in [0.5, 0.6) is 0 Å². The summed E-state index contributed by atoms with van der Waals surface area (Å²) >= 11 is 0. The molecule has 0 aromatic heterocycles. The van der Waals surface area contributed by atoms with Crippen LogP contribution in [0.2, 0.25) is 0 Å². The zero-order chi connectivity index (χ0) is 22.3. The van der Waals surface area contributed by atoms with Crippen LogP contribution in [0.15, 0.2) is 0 Å². The molecule has 3 unspecified atom stereocenters. The maximum absolute atomic E-state index is 6.63. The van der Waals surface area contributed by atoms with Crippen LogP contribution in [0.1, 0.15) is 81.6 Å². The summed E-state index contributed by atoms with van der Waals surface area (Å²) < 4.78 is 38.4. The molecular weight excluding hydrogens is 384 g/mol. The van der Waals surface area contributed by atoms with E-state index in [9.17, 15) is 0 Å². The van der Waals surface area contributed by atoms with Crippen molar-refractivity contribution >= 4 is 0 Å². The molecule has 0 bridgehead atoms. The van der Waals surface area contributed by atoms with Gasteiger partial charge in [-0.25, -0.2) is 0 Å². The first-order valence-corrected chi connectivity index (χ1v) is 11.8. The van der Waals surface area contributed by atoms with E-state index in [0.29, 0.717) is 31.0 Å². The van der Waals surface area contributed by atoms with Gasteiger partial charge in [0.1, 0.15) is 24.4 Å². The number of hydrogen-bond acceptors (Lipinski definition) is 6. The van der Waals surface area contributed by atoms with Crippen molar-refractivity contribution in [3.63, 3.8) is 0 Å². The molecule has 3 saturated heterocycles. The Morgan fingerprint density at radius 3 is 1.33 bits per heavy atom. The van der Waals surface area contributed by atoms with E-state index < -0.39 is 17.4 Å². The molecule has 0 saturated carbocycles. The third kappa shape index (κ3) is 5.76. The average molecular weight is 429 g/mol. The van der Waals surface area contributed by atoms with Crippen LogP contribution >= 0.6 is 0 Å². The minimum Gasteiger partial charge on any atom is -0.347 e. The Labute approximate surface area is 183 Å². The summed E-state index contributed by atoms with van der Waals surface area (Å²) in [5, 5.41) is 0. The third-order valence-corrected chi connectivity index (χ3v) is 6.07. The van der Waals surface area contributed by atoms with E-state index in [1.807, 2.05) is 20.8 Å². The molecule has 3 aliphatic heterocycles. The van der Waals surface area contributed by atoms with E-state index in [1.54, 1.807) is 0 Å². The Morgan fingerprint density at radius 2 is 0.900 bits per heavy atom. The highest BCUT2D eigenvalue weighted by Gasteiger charge is 2.56. The van der Waals surface area contributed by atoms with Gasteiger partial charge in [-0.1, -0.05) is 41.5 Å². The van der Waals surface area contributed by atoms with E-state index >= 15 is 0 Å². The number of hydrogen-bond donors (Lipinski definition) is 0. The van der Waals surface area contributed by atoms with Crippen LogP contribution in [0.3, 0.4) is 0 Å². The summed E-state index contributed by atoms with van der Waals surface area (Å²) in [6.07, 6.45) is 1.56. The molecule has 3 fully saturated rings. The second-order valence-electron chi connectivity index (χ2n) is 11.3. The monoisotopic (exact) mass is 428 g/mol. The van der Waals surface area contributed by atoms with Crippen molar-refractivity contribution in [2.75, 3.05) is 13.2 Å². The molecule has 3 aliphatic rings. The Kier molecular flexibility index (Phi) is 7.28. The largest absolute Gasteiger partial charge is 0.347 e. The highest BCUT2D eigenvalue weighted by Crippen LogP contribution is 2.43. The minimum atomic E-state index is -0.696. The first-order chi connectivity index (χ1) is 13.8. The van der Waals surface area contributed by atoms with Gasteiger partial charge in [-0.05, 0) is 38.5 Å². The standard InChI is InChI=1S/C24H44O6/c1-15(2)10-22(7)25-13-18(27-22)21-20-19(28-24(9,30-21)12-17(5)6)14-26-23(8,29-20)11-16(3)4/h15-21H,10-14H2,1-9H3/t18-,19+,20-,21-,22?,23?,24?/m1/s1. The second kappa shape index (κ2) is 8.95. The summed E-state index contributed by atoms with van der Waals surface area (Å²) in [6, 6.07) is 0. The Bertz CT molecular complexity index is 580. The fourth-order valence-electron chi connectivity index (χ4n) is 5.46. The van der Waals surface area contributed by atoms with Crippen molar-refractivity contribution in [2.45, 2.75) is 123 Å². The Hall–Kier alpha value is -0.240. The van der Waals surface area contributed by atoms with Gasteiger partial charge in [0.25, 0.3) is 0 Å². The molecule has 30 heavy (non-hydrogen) atoms. The fraction of sp³-hybridized carbons (Fsp3) is 1.00. The van der Waals surface area contributed by atoms with Crippen LogP contribution in [-0.4, -0.2) is 55.0 Å². The minimum absolute atomic E-state index is 0.187. The Balaban J connectivity index is 1.82. The van der Waals surface area contributed by atoms with Crippen molar-refractivity contribution in [2.24, 2.45) is 17.8 Å². The first-order valence-electron chi connectivity index (χ1n) is 11.8. The van der Waals surface area contributed by atoms with Crippen LogP contribution in [0.4, 0.5) is 0 Å². The maximum Gasteiger partial charge on any atom is 0.167 e. The first kappa shape index (κ1) is 24.4. The van der Waals surface area contributed by atoms with Crippen LogP contribution in [0, 0.1) is 17.8 Å². The van der Waals surface area contributed by atoms with Crippen molar-refractivity contribution in [1.82, 2.24) is 0 Å². The topological polar surface area (TPSA) is 55.4 Å². The summed E-state index contributed by atoms with van der Waals surface area (Å²) in [5.41, 5.74) is 0. The molecule has 3 rings (SSSR count). The van der Waals surface area contributed by atoms with Crippen LogP contribution < -0.4 is 0 Å². The SMILES string of the molecule is CC(C)CC1(C)OC[C@@H]2OC(C)(CC(C)C)O[C@H]([C@H]3COC(C)(CC(C)C)O3)[C@@H]2O1. The zero-order valence-electron chi connectivity index (χ0n) is 20.5. The molecule has 176 valence electrons. The van der Waals surface area contributed by atoms with E-state index in [0.717, 1.165) is 19.3 Å². The molecule has 6 nitrogen and oxygen atoms in total. The Morgan fingerprint density at radius 1 is 0.567 bits per heavy atom. The average Bonchev–Trinajstić information content (AvgIpc) is 2.93. The van der Waals surface area contributed by atoms with Gasteiger partial charge in [0, 0.05) is 19.3 Å². The lowest BCUT2D eigenvalue weighted by atomic mass is 9.94. The van der Waals surface area contributed by atoms with Crippen molar-refractivity contribution < 1.29 is 28.4 Å². The van der Waals surface area contributed by atoms with E-state index in [4.69, 9.17) is 28.4 Å². The summed E-state index contributed by atoms with van der Waals surface area (Å²) in [5.74, 6) is -0.544. The summed E-state index contributed by atoms with van der Waals surface area (Å²) in [6.45, 7) is 20.2. The second-order valence-corrected chi connectivity index (χ2v) is 11.3. The van der Waals surface area contributed by atoms with Gasteiger partial charge in [0.15, 0.2) is 17.4 Å². The quantitative estimate of drug-likeness (QED) is 0.576. The van der Waals surface area contributed by atoms with Crippen molar-refractivity contribution in [3.05, 3.63) is 0 Å². The molecule has 0 radical (unpaired) electrons. The molecule has 3 heterocycles. The van der Waals surface area contributed by atoms with Gasteiger partial charge in [-0.2, -0.15) is 0 Å². The lowest BCUT2D eigenvalue weighted by Crippen LogP contribution is -2.66. The molecule has 0 aromatic carbocycles. The lowest BCUT2D eigenvalue weighted by molar-refractivity contribution is -0.425. The molecule has 0 aromatic rings. The van der Waals surface area contributed by atoms with E-state index in [1.165, 1.54) is 0 Å². The molecule has 0 amide bonds. The van der Waals surface area contributed by atoms with Crippen LogP contribution in [0.25, 0.3) is 0 Å². The van der Waals surface area contributed by atoms with Gasteiger partial charge in [0.05, 0.1) is 13.2 Å². The summed E-state index contributed by atoms with van der Waals surface area (Å²) in [4.78, 5) is 0. The molecule has 0 spiro atoms. The van der Waals surface area contributed by atoms with Gasteiger partial charge >= 0.3 is 0 Å². The normalized spacial score (nSPS) is 44.8. The molecule has 7 atom stereocenters. The highest BCUT2D eigenvalue weighted by atomic mass is 16.8. The van der Waals surface area contributed by atoms with Gasteiger partial charge in [0.2, 0.25) is 0 Å². The maximum atomic E-state index is 6.63. The smallest absolute Gasteiger partial charge is 0.167 e. The predicted octanol–water partition coefficient (Wildman–Crippen LogP) is 4.89. The molecular formula is C24H44O6. The van der Waals surface area contributed by atoms with Crippen molar-refractivity contribution in [3.8, 4) is 0 Å². The van der Waals surface area contributed by atoms with Crippen molar-refractivity contribution in [1.29, 1.82) is 0 Å². The third-order valence-electron chi connectivity index (χ3n) is 6.07. The van der Waals surface area contributed by atoms with E-state index in [-0.39, 0.29) is 24.4 Å². The van der Waals surface area contributed by atoms with Gasteiger partial charge < -0.3 is 28.4 Å².